The predicted molar refractivity (Wildman–Crippen MR) is 122 cm³/mol. The number of aromatic nitrogens is 2. The summed E-state index contributed by atoms with van der Waals surface area (Å²) in [5.74, 6) is -0.160. The molecule has 1 atom stereocenters. The van der Waals surface area contributed by atoms with E-state index in [9.17, 15) is 9.59 Å². The second-order valence-corrected chi connectivity index (χ2v) is 8.50. The average molecular weight is 454 g/mol. The van der Waals surface area contributed by atoms with Crippen LogP contribution in [0.4, 0.5) is 0 Å². The first kappa shape index (κ1) is 21.1. The van der Waals surface area contributed by atoms with Gasteiger partial charge in [0, 0.05) is 23.1 Å². The van der Waals surface area contributed by atoms with E-state index in [4.69, 9.17) is 22.1 Å². The van der Waals surface area contributed by atoms with Crippen molar-refractivity contribution in [1.82, 2.24) is 9.55 Å². The summed E-state index contributed by atoms with van der Waals surface area (Å²) in [7, 11) is 0. The smallest absolute Gasteiger partial charge is 0.262 e. The Bertz CT molecular complexity index is 1260. The Kier molecular flexibility index (Phi) is 6.06. The summed E-state index contributed by atoms with van der Waals surface area (Å²) in [6, 6.07) is 15.1. The van der Waals surface area contributed by atoms with Gasteiger partial charge in [0.2, 0.25) is 0 Å². The Balaban J connectivity index is 1.71. The number of hydrogen-bond donors (Lipinski definition) is 1. The third-order valence-corrected chi connectivity index (χ3v) is 6.43. The maximum atomic E-state index is 12.1. The maximum absolute atomic E-state index is 12.1. The van der Waals surface area contributed by atoms with Gasteiger partial charge < -0.3 is 15.3 Å². The number of aryl methyl sites for hydroxylation is 1. The molecule has 2 heterocycles. The molecule has 158 valence electrons. The molecule has 31 heavy (non-hydrogen) atoms. The fourth-order valence-corrected chi connectivity index (χ4v) is 4.63. The summed E-state index contributed by atoms with van der Waals surface area (Å²) >= 11 is 7.53. The zero-order chi connectivity index (χ0) is 22.0. The van der Waals surface area contributed by atoms with Crippen molar-refractivity contribution in [1.29, 1.82) is 0 Å². The highest BCUT2D eigenvalue weighted by molar-refractivity contribution is 7.16. The molecule has 2 aromatic carbocycles. The number of hydrogen-bond acceptors (Lipinski definition) is 5. The summed E-state index contributed by atoms with van der Waals surface area (Å²) in [5, 5.41) is 1.35. The van der Waals surface area contributed by atoms with Crippen LogP contribution in [-0.4, -0.2) is 21.7 Å². The molecule has 6 nitrogen and oxygen atoms in total. The van der Waals surface area contributed by atoms with Crippen LogP contribution in [-0.2, 0) is 11.2 Å². The maximum Gasteiger partial charge on any atom is 0.262 e. The van der Waals surface area contributed by atoms with Crippen LogP contribution in [0.2, 0.25) is 5.02 Å². The number of rotatable bonds is 8. The fraction of sp³-hybridized carbons (Fsp3) is 0.174. The molecule has 0 saturated carbocycles. The molecule has 4 aromatic rings. The highest BCUT2D eigenvalue weighted by Gasteiger charge is 2.21. The first-order valence-corrected chi connectivity index (χ1v) is 10.9. The van der Waals surface area contributed by atoms with Crippen LogP contribution >= 0.6 is 22.9 Å². The van der Waals surface area contributed by atoms with Gasteiger partial charge in [-0.3, -0.25) is 9.36 Å². The number of carbonyl (C=O) groups is 2. The Labute approximate surface area is 188 Å². The van der Waals surface area contributed by atoms with E-state index in [-0.39, 0.29) is 6.10 Å². The highest BCUT2D eigenvalue weighted by atomic mass is 35.5. The number of primary amides is 1. The standard InChI is InChI=1S/C23H20ClN3O3S/c1-14(16-6-2-3-7-17(16)24)30-20-12-21(31-22(20)23(25)29)27-13-26-18-9-8-15(5-4-10-28)11-19(18)27/h2-3,6-14H,4-5H2,1H3,(H2,25,29)/t14-/m1/s1. The van der Waals surface area contributed by atoms with Gasteiger partial charge in [0.25, 0.3) is 5.91 Å². The molecular formula is C23H20ClN3O3S. The van der Waals surface area contributed by atoms with Gasteiger partial charge in [-0.15, -0.1) is 11.3 Å². The zero-order valence-corrected chi connectivity index (χ0v) is 18.3. The number of benzene rings is 2. The monoisotopic (exact) mass is 453 g/mol. The van der Waals surface area contributed by atoms with Crippen molar-refractivity contribution >= 4 is 46.2 Å². The van der Waals surface area contributed by atoms with Gasteiger partial charge in [-0.25, -0.2) is 4.98 Å². The Morgan fingerprint density at radius 2 is 2.10 bits per heavy atom. The average Bonchev–Trinajstić information content (AvgIpc) is 3.36. The molecule has 0 fully saturated rings. The van der Waals surface area contributed by atoms with Crippen LogP contribution in [0.1, 0.15) is 40.2 Å². The van der Waals surface area contributed by atoms with Gasteiger partial charge in [-0.2, -0.15) is 0 Å². The van der Waals surface area contributed by atoms with Crippen LogP contribution in [0, 0.1) is 0 Å². The largest absolute Gasteiger partial charge is 0.484 e. The van der Waals surface area contributed by atoms with Crippen LogP contribution < -0.4 is 10.5 Å². The molecule has 0 bridgehead atoms. The zero-order valence-electron chi connectivity index (χ0n) is 16.7. The number of aldehydes is 1. The quantitative estimate of drug-likeness (QED) is 0.375. The lowest BCUT2D eigenvalue weighted by Crippen LogP contribution is -2.12. The van der Waals surface area contributed by atoms with Crippen molar-refractivity contribution in [2.24, 2.45) is 5.73 Å². The summed E-state index contributed by atoms with van der Waals surface area (Å²) in [5.41, 5.74) is 9.18. The molecule has 0 unspecified atom stereocenters. The Morgan fingerprint density at radius 3 is 2.84 bits per heavy atom. The summed E-state index contributed by atoms with van der Waals surface area (Å²) < 4.78 is 7.99. The topological polar surface area (TPSA) is 87.2 Å². The van der Waals surface area contributed by atoms with Gasteiger partial charge >= 0.3 is 0 Å². The van der Waals surface area contributed by atoms with Gasteiger partial charge in [-0.1, -0.05) is 35.9 Å². The van der Waals surface area contributed by atoms with Crippen LogP contribution in [0.3, 0.4) is 0 Å². The van der Waals surface area contributed by atoms with Gasteiger partial charge in [-0.05, 0) is 37.1 Å². The van der Waals surface area contributed by atoms with Gasteiger partial charge in [0.1, 0.15) is 34.3 Å². The third kappa shape index (κ3) is 4.33. The summed E-state index contributed by atoms with van der Waals surface area (Å²) in [6.07, 6.45) is 3.35. The highest BCUT2D eigenvalue weighted by Crippen LogP contribution is 2.37. The number of ether oxygens (including phenoxy) is 1. The number of thiophene rings is 1. The lowest BCUT2D eigenvalue weighted by Gasteiger charge is -2.16. The normalized spacial score (nSPS) is 12.1. The summed E-state index contributed by atoms with van der Waals surface area (Å²) in [6.45, 7) is 1.87. The van der Waals surface area contributed by atoms with E-state index in [1.54, 1.807) is 18.5 Å². The third-order valence-electron chi connectivity index (χ3n) is 4.96. The second kappa shape index (κ2) is 8.91. The molecule has 4 rings (SSSR count). The fourth-order valence-electron chi connectivity index (χ4n) is 3.41. The van der Waals surface area contributed by atoms with Gasteiger partial charge in [0.15, 0.2) is 0 Å². The van der Waals surface area contributed by atoms with E-state index in [0.29, 0.717) is 28.5 Å². The lowest BCUT2D eigenvalue weighted by molar-refractivity contribution is -0.107. The molecule has 0 radical (unpaired) electrons. The van der Waals surface area contributed by atoms with Crippen molar-refractivity contribution in [3.8, 4) is 10.8 Å². The SMILES string of the molecule is C[C@@H](Oc1cc(-n2cnc3ccc(CCC=O)cc32)sc1C(N)=O)c1ccccc1Cl. The first-order chi connectivity index (χ1) is 15.0. The van der Waals surface area contributed by atoms with Gasteiger partial charge in [0.05, 0.1) is 11.0 Å². The van der Waals surface area contributed by atoms with Crippen molar-refractivity contribution in [2.45, 2.75) is 25.9 Å². The van der Waals surface area contributed by atoms with E-state index >= 15 is 0 Å². The minimum atomic E-state index is -0.561. The molecule has 0 aliphatic rings. The number of imidazole rings is 1. The minimum absolute atomic E-state index is 0.327. The Morgan fingerprint density at radius 1 is 1.29 bits per heavy atom. The number of amides is 1. The molecular weight excluding hydrogens is 434 g/mol. The van der Waals surface area contributed by atoms with E-state index in [2.05, 4.69) is 4.98 Å². The number of nitrogens with two attached hydrogens (primary N) is 1. The van der Waals surface area contributed by atoms with Crippen LogP contribution in [0.25, 0.3) is 16.0 Å². The molecule has 2 N–H and O–H groups in total. The molecule has 1 amide bonds. The van der Waals surface area contributed by atoms with Crippen molar-refractivity contribution < 1.29 is 14.3 Å². The second-order valence-electron chi connectivity index (χ2n) is 7.07. The molecule has 8 heteroatoms. The van der Waals surface area contributed by atoms with Crippen molar-refractivity contribution in [3.63, 3.8) is 0 Å². The number of fused-ring (bicyclic) bond motifs is 1. The molecule has 2 aromatic heterocycles. The van der Waals surface area contributed by atoms with E-state index < -0.39 is 5.91 Å². The van der Waals surface area contributed by atoms with E-state index in [1.807, 2.05) is 47.9 Å². The van der Waals surface area contributed by atoms with E-state index in [1.165, 1.54) is 11.3 Å². The minimum Gasteiger partial charge on any atom is -0.484 e. The van der Waals surface area contributed by atoms with Crippen LogP contribution in [0.15, 0.2) is 54.9 Å². The molecule has 0 spiro atoms. The first-order valence-electron chi connectivity index (χ1n) is 9.72. The number of halogens is 1. The molecule has 0 saturated heterocycles. The molecule has 0 aliphatic carbocycles. The molecule has 0 aliphatic heterocycles. The number of carbonyl (C=O) groups excluding carboxylic acids is 2. The van der Waals surface area contributed by atoms with E-state index in [0.717, 1.165) is 33.4 Å². The van der Waals surface area contributed by atoms with Crippen molar-refractivity contribution in [3.05, 3.63) is 75.9 Å². The predicted octanol–water partition coefficient (Wildman–Crippen LogP) is 5.11. The number of nitrogens with zero attached hydrogens (tertiary/aromatic N) is 2. The van der Waals surface area contributed by atoms with Crippen LogP contribution in [0.5, 0.6) is 5.75 Å². The lowest BCUT2D eigenvalue weighted by atomic mass is 10.1. The summed E-state index contributed by atoms with van der Waals surface area (Å²) in [4.78, 5) is 27.6. The Hall–Kier alpha value is -3.16. The van der Waals surface area contributed by atoms with Crippen molar-refractivity contribution in [2.75, 3.05) is 0 Å².